The van der Waals surface area contributed by atoms with Gasteiger partial charge in [0, 0.05) is 32.9 Å². The Labute approximate surface area is 152 Å². The maximum Gasteiger partial charge on any atom is 1.00 e. The van der Waals surface area contributed by atoms with Gasteiger partial charge in [-0.1, -0.05) is 12.1 Å². The van der Waals surface area contributed by atoms with Crippen LogP contribution in [0.2, 0.25) is 0 Å². The fourth-order valence-electron chi connectivity index (χ4n) is 1.52. The molecule has 0 fully saturated rings. The molecule has 0 aliphatic rings. The molecule has 0 aliphatic carbocycles. The van der Waals surface area contributed by atoms with Crippen molar-refractivity contribution >= 4 is 33.4 Å². The van der Waals surface area contributed by atoms with E-state index in [1.807, 2.05) is 0 Å². The molecule has 0 amide bonds. The standard InChI is InChI=1S/C11H8O4S.2Na/c12-10(13)5-6-4-8-7(11(14)15)2-1-3-9(8)16-6;;/h1-4H,5H2,(H,12,13)(H,14,15);;/q;2*+1/p-2. The number of aliphatic carboxylic acids is 1. The summed E-state index contributed by atoms with van der Waals surface area (Å²) in [7, 11) is 0. The number of carboxylic acids is 2. The third-order valence-electron chi connectivity index (χ3n) is 2.15. The first-order valence-corrected chi connectivity index (χ1v) is 5.32. The first-order chi connectivity index (χ1) is 7.58. The van der Waals surface area contributed by atoms with Crippen molar-refractivity contribution in [2.75, 3.05) is 0 Å². The molecule has 0 spiro atoms. The number of thiophene rings is 1. The number of rotatable bonds is 3. The molecule has 1 aromatic carbocycles. The molecule has 0 radical (unpaired) electrons. The van der Waals surface area contributed by atoms with Crippen molar-refractivity contribution in [3.63, 3.8) is 0 Å². The number of carboxylic acid groups (broad SMARTS) is 2. The summed E-state index contributed by atoms with van der Waals surface area (Å²) >= 11 is 1.25. The molecule has 7 heteroatoms. The smallest absolute Gasteiger partial charge is 0.550 e. The number of benzene rings is 1. The van der Waals surface area contributed by atoms with Gasteiger partial charge in [0.25, 0.3) is 0 Å². The van der Waals surface area contributed by atoms with Gasteiger partial charge in [-0.3, -0.25) is 0 Å². The van der Waals surface area contributed by atoms with Crippen LogP contribution in [-0.2, 0) is 11.2 Å². The molecular formula is C11H6Na2O4S. The van der Waals surface area contributed by atoms with E-state index in [1.54, 1.807) is 18.2 Å². The maximum atomic E-state index is 10.8. The normalized spacial score (nSPS) is 9.33. The van der Waals surface area contributed by atoms with E-state index in [1.165, 1.54) is 17.4 Å². The van der Waals surface area contributed by atoms with Crippen molar-refractivity contribution in [3.05, 3.63) is 34.7 Å². The molecule has 0 saturated carbocycles. The summed E-state index contributed by atoms with van der Waals surface area (Å²) in [6.45, 7) is 0. The van der Waals surface area contributed by atoms with Crippen LogP contribution in [-0.4, -0.2) is 11.9 Å². The Balaban J connectivity index is 0.00000144. The van der Waals surface area contributed by atoms with E-state index in [9.17, 15) is 19.8 Å². The Morgan fingerprint density at radius 2 is 1.83 bits per heavy atom. The number of carbonyl (C=O) groups excluding carboxylic acids is 2. The minimum absolute atomic E-state index is 0. The molecule has 0 N–H and O–H groups in total. The third kappa shape index (κ3) is 4.06. The van der Waals surface area contributed by atoms with Crippen LogP contribution in [0.3, 0.4) is 0 Å². The van der Waals surface area contributed by atoms with Gasteiger partial charge in [-0.25, -0.2) is 0 Å². The Hall–Kier alpha value is 0.120. The molecule has 1 heterocycles. The van der Waals surface area contributed by atoms with Gasteiger partial charge < -0.3 is 19.8 Å². The van der Waals surface area contributed by atoms with Crippen LogP contribution < -0.4 is 69.3 Å². The topological polar surface area (TPSA) is 80.3 Å². The van der Waals surface area contributed by atoms with E-state index in [-0.39, 0.29) is 71.1 Å². The van der Waals surface area contributed by atoms with E-state index < -0.39 is 11.9 Å². The van der Waals surface area contributed by atoms with Crippen molar-refractivity contribution in [2.24, 2.45) is 0 Å². The molecule has 4 nitrogen and oxygen atoms in total. The Morgan fingerprint density at radius 1 is 1.17 bits per heavy atom. The molecule has 0 unspecified atom stereocenters. The fourth-order valence-corrected chi connectivity index (χ4v) is 2.60. The molecule has 2 rings (SSSR count). The van der Waals surface area contributed by atoms with Gasteiger partial charge in [0.15, 0.2) is 0 Å². The Bertz CT molecular complexity index is 579. The van der Waals surface area contributed by atoms with Crippen molar-refractivity contribution < 1.29 is 78.9 Å². The second-order valence-electron chi connectivity index (χ2n) is 3.27. The van der Waals surface area contributed by atoms with E-state index in [0.29, 0.717) is 10.3 Å². The second-order valence-corrected chi connectivity index (χ2v) is 4.43. The van der Waals surface area contributed by atoms with Crippen LogP contribution in [0.25, 0.3) is 10.1 Å². The molecule has 0 aliphatic heterocycles. The van der Waals surface area contributed by atoms with Crippen LogP contribution in [0, 0.1) is 0 Å². The maximum absolute atomic E-state index is 10.8. The molecule has 0 atom stereocenters. The van der Waals surface area contributed by atoms with Crippen molar-refractivity contribution in [3.8, 4) is 0 Å². The molecule has 82 valence electrons. The molecule has 18 heavy (non-hydrogen) atoms. The van der Waals surface area contributed by atoms with Crippen LogP contribution in [0.4, 0.5) is 0 Å². The summed E-state index contributed by atoms with van der Waals surface area (Å²) in [5, 5.41) is 21.8. The zero-order chi connectivity index (χ0) is 11.7. The first-order valence-electron chi connectivity index (χ1n) is 4.50. The van der Waals surface area contributed by atoms with E-state index in [0.717, 1.165) is 4.70 Å². The summed E-state index contributed by atoms with van der Waals surface area (Å²) < 4.78 is 0.734. The summed E-state index contributed by atoms with van der Waals surface area (Å²) in [6, 6.07) is 6.34. The number of hydrogen-bond donors (Lipinski definition) is 0. The molecule has 1 aromatic heterocycles. The molecule has 0 saturated heterocycles. The average Bonchev–Trinajstić information content (AvgIpc) is 2.57. The summed E-state index contributed by atoms with van der Waals surface area (Å²) in [5.74, 6) is -2.44. The number of fused-ring (bicyclic) bond motifs is 1. The van der Waals surface area contributed by atoms with Crippen LogP contribution in [0.1, 0.15) is 15.2 Å². The monoisotopic (exact) mass is 280 g/mol. The number of hydrogen-bond acceptors (Lipinski definition) is 5. The molecule has 0 bridgehead atoms. The minimum Gasteiger partial charge on any atom is -0.550 e. The van der Waals surface area contributed by atoms with E-state index in [4.69, 9.17) is 0 Å². The zero-order valence-electron chi connectivity index (χ0n) is 10.1. The van der Waals surface area contributed by atoms with Crippen LogP contribution in [0.15, 0.2) is 24.3 Å². The Morgan fingerprint density at radius 3 is 2.39 bits per heavy atom. The largest absolute Gasteiger partial charge is 1.00 e. The summed E-state index contributed by atoms with van der Waals surface area (Å²) in [5.41, 5.74) is 0.0818. The molecule has 2 aromatic rings. The van der Waals surface area contributed by atoms with Crippen LogP contribution in [0.5, 0.6) is 0 Å². The van der Waals surface area contributed by atoms with Gasteiger partial charge in [0.2, 0.25) is 0 Å². The van der Waals surface area contributed by atoms with Gasteiger partial charge in [-0.2, -0.15) is 0 Å². The zero-order valence-corrected chi connectivity index (χ0v) is 14.9. The average molecular weight is 280 g/mol. The number of aromatic carboxylic acids is 1. The fraction of sp³-hybridized carbons (Fsp3) is 0.0909. The SMILES string of the molecule is O=C([O-])Cc1cc2c(C(=O)[O-])cccc2s1.[Na+].[Na+]. The van der Waals surface area contributed by atoms with E-state index >= 15 is 0 Å². The van der Waals surface area contributed by atoms with Gasteiger partial charge in [-0.05, 0) is 12.1 Å². The third-order valence-corrected chi connectivity index (χ3v) is 3.25. The summed E-state index contributed by atoms with van der Waals surface area (Å²) in [4.78, 5) is 21.8. The Kier molecular flexibility index (Phi) is 7.70. The van der Waals surface area contributed by atoms with Gasteiger partial charge in [0.1, 0.15) is 0 Å². The van der Waals surface area contributed by atoms with Crippen LogP contribution >= 0.6 is 11.3 Å². The summed E-state index contributed by atoms with van der Waals surface area (Å²) in [6.07, 6.45) is -0.203. The van der Waals surface area contributed by atoms with Gasteiger partial charge in [-0.15, -0.1) is 11.3 Å². The van der Waals surface area contributed by atoms with Gasteiger partial charge in [0.05, 0.1) is 5.97 Å². The van der Waals surface area contributed by atoms with Gasteiger partial charge >= 0.3 is 59.1 Å². The van der Waals surface area contributed by atoms with E-state index in [2.05, 4.69) is 0 Å². The second kappa shape index (κ2) is 7.65. The molecular weight excluding hydrogens is 274 g/mol. The quantitative estimate of drug-likeness (QED) is 0.524. The first kappa shape index (κ1) is 18.1. The van der Waals surface area contributed by atoms with Crippen molar-refractivity contribution in [1.29, 1.82) is 0 Å². The van der Waals surface area contributed by atoms with Crippen molar-refractivity contribution in [1.82, 2.24) is 0 Å². The predicted octanol–water partition coefficient (Wildman–Crippen LogP) is -6.43. The number of carbonyl (C=O) groups is 2. The minimum atomic E-state index is -1.26. The van der Waals surface area contributed by atoms with Crippen molar-refractivity contribution in [2.45, 2.75) is 6.42 Å². The predicted molar refractivity (Wildman–Crippen MR) is 54.9 cm³/mol.